The van der Waals surface area contributed by atoms with Crippen molar-refractivity contribution in [2.45, 2.75) is 0 Å². The Kier molecular flexibility index (Phi) is 3.30. The molecule has 6 heteroatoms. The topological polar surface area (TPSA) is 127 Å². The zero-order chi connectivity index (χ0) is 14.9. The van der Waals surface area contributed by atoms with E-state index >= 15 is 0 Å². The molecule has 0 saturated heterocycles. The second kappa shape index (κ2) is 4.93. The van der Waals surface area contributed by atoms with Crippen LogP contribution in [0.1, 0.15) is 20.7 Å². The van der Waals surface area contributed by atoms with E-state index in [2.05, 4.69) is 0 Å². The molecule has 0 atom stereocenters. The zero-order valence-corrected chi connectivity index (χ0v) is 10.3. The van der Waals surface area contributed by atoms with Crippen molar-refractivity contribution >= 4 is 23.3 Å². The maximum absolute atomic E-state index is 11.4. The van der Waals surface area contributed by atoms with Gasteiger partial charge in [-0.2, -0.15) is 0 Å². The molecule has 6 N–H and O–H groups in total. The lowest BCUT2D eigenvalue weighted by Gasteiger charge is -2.12. The van der Waals surface area contributed by atoms with E-state index in [0.717, 1.165) is 0 Å². The van der Waals surface area contributed by atoms with Crippen LogP contribution in [-0.2, 0) is 0 Å². The maximum Gasteiger partial charge on any atom is 0.338 e. The average molecular weight is 272 g/mol. The van der Waals surface area contributed by atoms with Crippen LogP contribution in [0.4, 0.5) is 11.4 Å². The molecule has 2 aromatic carbocycles. The first-order valence-corrected chi connectivity index (χ1v) is 5.66. The molecule has 0 aliphatic carbocycles. The van der Waals surface area contributed by atoms with Crippen LogP contribution in [0, 0.1) is 0 Å². The Bertz CT molecular complexity index is 710. The molecule has 102 valence electrons. The molecule has 0 amide bonds. The second-order valence-electron chi connectivity index (χ2n) is 4.19. The molecule has 2 aromatic rings. The molecular weight excluding hydrogens is 260 g/mol. The monoisotopic (exact) mass is 272 g/mol. The van der Waals surface area contributed by atoms with Crippen molar-refractivity contribution < 1.29 is 19.8 Å². The van der Waals surface area contributed by atoms with Gasteiger partial charge in [-0.15, -0.1) is 0 Å². The highest BCUT2D eigenvalue weighted by atomic mass is 16.4. The van der Waals surface area contributed by atoms with Gasteiger partial charge in [-0.1, -0.05) is 18.2 Å². The Balaban J connectivity index is 2.80. The first-order chi connectivity index (χ1) is 9.41. The van der Waals surface area contributed by atoms with Gasteiger partial charge in [0.05, 0.1) is 11.1 Å². The van der Waals surface area contributed by atoms with Crippen molar-refractivity contribution in [1.29, 1.82) is 0 Å². The molecule has 0 fully saturated rings. The summed E-state index contributed by atoms with van der Waals surface area (Å²) in [5.74, 6) is -2.74. The normalized spacial score (nSPS) is 10.2. The van der Waals surface area contributed by atoms with Gasteiger partial charge < -0.3 is 21.7 Å². The van der Waals surface area contributed by atoms with Crippen molar-refractivity contribution in [3.63, 3.8) is 0 Å². The summed E-state index contributed by atoms with van der Waals surface area (Å²) in [5.41, 5.74) is 11.6. The summed E-state index contributed by atoms with van der Waals surface area (Å²) in [4.78, 5) is 22.6. The van der Waals surface area contributed by atoms with E-state index in [4.69, 9.17) is 16.6 Å². The van der Waals surface area contributed by atoms with Gasteiger partial charge in [-0.05, 0) is 29.3 Å². The Labute approximate surface area is 114 Å². The molecule has 0 heterocycles. The number of carboxylic acids is 2. The Morgan fingerprint density at radius 2 is 1.55 bits per heavy atom. The van der Waals surface area contributed by atoms with Gasteiger partial charge in [0.15, 0.2) is 0 Å². The van der Waals surface area contributed by atoms with Crippen LogP contribution in [0.2, 0.25) is 0 Å². The summed E-state index contributed by atoms with van der Waals surface area (Å²) in [6, 6.07) is 9.38. The van der Waals surface area contributed by atoms with Crippen LogP contribution >= 0.6 is 0 Å². The number of carbonyl (C=O) groups is 2. The summed E-state index contributed by atoms with van der Waals surface area (Å²) >= 11 is 0. The molecule has 0 radical (unpaired) electrons. The molecule has 0 spiro atoms. The summed E-state index contributed by atoms with van der Waals surface area (Å²) < 4.78 is 0. The molecule has 0 unspecified atom stereocenters. The minimum absolute atomic E-state index is 0.0949. The first-order valence-electron chi connectivity index (χ1n) is 5.66. The molecular formula is C14H12N2O4. The number of rotatable bonds is 3. The van der Waals surface area contributed by atoms with Crippen LogP contribution in [-0.4, -0.2) is 22.2 Å². The number of hydrogen-bond acceptors (Lipinski definition) is 4. The highest BCUT2D eigenvalue weighted by Gasteiger charge is 2.23. The van der Waals surface area contributed by atoms with Gasteiger partial charge in [-0.3, -0.25) is 0 Å². The number of nitrogens with two attached hydrogens (primary N) is 2. The van der Waals surface area contributed by atoms with Gasteiger partial charge in [-0.25, -0.2) is 9.59 Å². The fourth-order valence-electron chi connectivity index (χ4n) is 2.02. The molecule has 0 aliphatic heterocycles. The highest BCUT2D eigenvalue weighted by molar-refractivity contribution is 6.09. The third-order valence-electron chi connectivity index (χ3n) is 2.86. The Morgan fingerprint density at radius 1 is 0.900 bits per heavy atom. The predicted molar refractivity (Wildman–Crippen MR) is 74.6 cm³/mol. The van der Waals surface area contributed by atoms with Gasteiger partial charge >= 0.3 is 11.9 Å². The standard InChI is InChI=1S/C14H12N2O4/c15-8-3-1-2-7(6-8)9-4-5-10(16)12(14(19)20)11(9)13(17)18/h1-6H,15-16H2,(H,17,18)(H,19,20). The van der Waals surface area contributed by atoms with E-state index < -0.39 is 17.5 Å². The zero-order valence-electron chi connectivity index (χ0n) is 10.3. The molecule has 0 aliphatic rings. The van der Waals surface area contributed by atoms with Crippen LogP contribution in [0.3, 0.4) is 0 Å². The summed E-state index contributed by atoms with van der Waals surface area (Å²) in [7, 11) is 0. The van der Waals surface area contributed by atoms with Crippen molar-refractivity contribution in [3.8, 4) is 11.1 Å². The number of aromatic carboxylic acids is 2. The highest BCUT2D eigenvalue weighted by Crippen LogP contribution is 2.31. The average Bonchev–Trinajstić information content (AvgIpc) is 2.37. The Morgan fingerprint density at radius 3 is 2.10 bits per heavy atom. The SMILES string of the molecule is Nc1cccc(-c2ccc(N)c(C(=O)O)c2C(=O)O)c1. The molecule has 0 aromatic heterocycles. The molecule has 0 bridgehead atoms. The lowest BCUT2D eigenvalue weighted by Crippen LogP contribution is -2.13. The Hall–Kier alpha value is -3.02. The lowest BCUT2D eigenvalue weighted by molar-refractivity contribution is 0.0653. The molecule has 6 nitrogen and oxygen atoms in total. The van der Waals surface area contributed by atoms with Crippen molar-refractivity contribution in [2.24, 2.45) is 0 Å². The van der Waals surface area contributed by atoms with E-state index in [1.165, 1.54) is 12.1 Å². The van der Waals surface area contributed by atoms with Crippen LogP contribution in [0.15, 0.2) is 36.4 Å². The maximum atomic E-state index is 11.4. The van der Waals surface area contributed by atoms with Crippen LogP contribution < -0.4 is 11.5 Å². The van der Waals surface area contributed by atoms with Crippen LogP contribution in [0.5, 0.6) is 0 Å². The predicted octanol–water partition coefficient (Wildman–Crippen LogP) is 1.91. The molecule has 0 saturated carbocycles. The van der Waals surface area contributed by atoms with Crippen molar-refractivity contribution in [2.75, 3.05) is 11.5 Å². The van der Waals surface area contributed by atoms with Gasteiger partial charge in [0, 0.05) is 11.4 Å². The third kappa shape index (κ3) is 2.26. The summed E-state index contributed by atoms with van der Waals surface area (Å²) in [6.45, 7) is 0. The number of benzene rings is 2. The van der Waals surface area contributed by atoms with E-state index in [0.29, 0.717) is 11.3 Å². The summed E-state index contributed by atoms with van der Waals surface area (Å²) in [5, 5.41) is 18.5. The fraction of sp³-hybridized carbons (Fsp3) is 0. The number of nitrogen functional groups attached to an aromatic ring is 2. The number of carboxylic acid groups (broad SMARTS) is 2. The quantitative estimate of drug-likeness (QED) is 0.632. The number of hydrogen-bond donors (Lipinski definition) is 4. The summed E-state index contributed by atoms with van der Waals surface area (Å²) in [6.07, 6.45) is 0. The van der Waals surface area contributed by atoms with E-state index in [1.807, 2.05) is 0 Å². The minimum Gasteiger partial charge on any atom is -0.478 e. The van der Waals surface area contributed by atoms with Crippen LogP contribution in [0.25, 0.3) is 11.1 Å². The smallest absolute Gasteiger partial charge is 0.338 e. The second-order valence-corrected chi connectivity index (χ2v) is 4.19. The largest absolute Gasteiger partial charge is 0.478 e. The van der Waals surface area contributed by atoms with E-state index in [1.54, 1.807) is 24.3 Å². The minimum atomic E-state index is -1.38. The lowest BCUT2D eigenvalue weighted by atomic mass is 9.94. The van der Waals surface area contributed by atoms with Gasteiger partial charge in [0.2, 0.25) is 0 Å². The van der Waals surface area contributed by atoms with Crippen molar-refractivity contribution in [1.82, 2.24) is 0 Å². The molecule has 2 rings (SSSR count). The van der Waals surface area contributed by atoms with Gasteiger partial charge in [0.1, 0.15) is 0 Å². The van der Waals surface area contributed by atoms with Gasteiger partial charge in [0.25, 0.3) is 0 Å². The number of anilines is 2. The fourth-order valence-corrected chi connectivity index (χ4v) is 2.02. The third-order valence-corrected chi connectivity index (χ3v) is 2.86. The first kappa shape index (κ1) is 13.4. The van der Waals surface area contributed by atoms with Crippen molar-refractivity contribution in [3.05, 3.63) is 47.5 Å². The molecule has 20 heavy (non-hydrogen) atoms. The van der Waals surface area contributed by atoms with E-state index in [9.17, 15) is 14.7 Å². The van der Waals surface area contributed by atoms with E-state index in [-0.39, 0.29) is 16.8 Å².